The number of sulfone groups is 1. The maximum Gasteiger partial charge on any atom is 0.184 e. The third-order valence-corrected chi connectivity index (χ3v) is 6.28. The highest BCUT2D eigenvalue weighted by Gasteiger charge is 2.23. The molecule has 0 amide bonds. The van der Waals surface area contributed by atoms with Crippen LogP contribution in [-0.2, 0) is 16.3 Å². The molecule has 0 aliphatic carbocycles. The van der Waals surface area contributed by atoms with Gasteiger partial charge in [-0.2, -0.15) is 4.37 Å². The summed E-state index contributed by atoms with van der Waals surface area (Å²) < 4.78 is 27.8. The molecule has 0 fully saturated rings. The molecule has 2 heterocycles. The summed E-state index contributed by atoms with van der Waals surface area (Å²) in [5, 5.41) is 5.68. The van der Waals surface area contributed by atoms with Gasteiger partial charge in [-0.15, -0.1) is 11.3 Å². The van der Waals surface area contributed by atoms with Gasteiger partial charge in [-0.3, -0.25) is 0 Å². The molecule has 0 aliphatic heterocycles. The Hall–Kier alpha value is -1.12. The number of aromatic nitrogens is 1. The van der Waals surface area contributed by atoms with Crippen molar-refractivity contribution in [2.45, 2.75) is 18.2 Å². The number of thiophene rings is 1. The molecule has 0 saturated heterocycles. The molecule has 3 N–H and O–H groups in total. The zero-order valence-electron chi connectivity index (χ0n) is 10.4. The summed E-state index contributed by atoms with van der Waals surface area (Å²) in [5.74, 6) is 0.111. The van der Waals surface area contributed by atoms with Crippen LogP contribution in [0.2, 0.25) is 0 Å². The number of rotatable bonds is 6. The molecular weight excluding hydrogens is 302 g/mol. The molecule has 0 aromatic carbocycles. The Bertz CT molecular complexity index is 632. The average Bonchev–Trinajstić information content (AvgIpc) is 3.00. The lowest BCUT2D eigenvalue weighted by Gasteiger charge is -2.06. The van der Waals surface area contributed by atoms with E-state index in [-0.39, 0.29) is 16.5 Å². The maximum absolute atomic E-state index is 11.9. The van der Waals surface area contributed by atoms with Gasteiger partial charge in [-0.1, -0.05) is 13.0 Å². The largest absolute Gasteiger partial charge is 0.382 e. The first-order valence-electron chi connectivity index (χ1n) is 5.78. The van der Waals surface area contributed by atoms with Crippen molar-refractivity contribution in [3.05, 3.63) is 22.4 Å². The number of nitrogens with zero attached hydrogens (tertiary/aromatic N) is 1. The second kappa shape index (κ2) is 5.89. The Morgan fingerprint density at radius 2 is 2.26 bits per heavy atom. The molecule has 8 heteroatoms. The molecule has 5 nitrogen and oxygen atoms in total. The number of hydrogen-bond donors (Lipinski definition) is 2. The van der Waals surface area contributed by atoms with E-state index in [4.69, 9.17) is 5.73 Å². The van der Waals surface area contributed by atoms with Crippen molar-refractivity contribution in [1.29, 1.82) is 0 Å². The molecule has 0 saturated carbocycles. The Balaban J connectivity index is 2.09. The van der Waals surface area contributed by atoms with Gasteiger partial charge in [0.15, 0.2) is 15.7 Å². The molecule has 2 rings (SSSR count). The third-order valence-electron chi connectivity index (χ3n) is 2.60. The van der Waals surface area contributed by atoms with Crippen molar-refractivity contribution >= 4 is 43.5 Å². The number of nitrogens with one attached hydrogen (secondary N) is 1. The van der Waals surface area contributed by atoms with Gasteiger partial charge in [0, 0.05) is 11.4 Å². The second-order valence-electron chi connectivity index (χ2n) is 3.89. The van der Waals surface area contributed by atoms with Crippen LogP contribution in [0.5, 0.6) is 0 Å². The van der Waals surface area contributed by atoms with Crippen LogP contribution in [0.1, 0.15) is 11.8 Å². The quantitative estimate of drug-likeness (QED) is 0.853. The van der Waals surface area contributed by atoms with E-state index in [0.29, 0.717) is 11.5 Å². The van der Waals surface area contributed by atoms with Crippen molar-refractivity contribution in [2.75, 3.05) is 23.3 Å². The van der Waals surface area contributed by atoms with Crippen molar-refractivity contribution in [1.82, 2.24) is 4.37 Å². The molecule has 2 aromatic rings. The number of nitrogen functional groups attached to an aromatic ring is 1. The van der Waals surface area contributed by atoms with Crippen LogP contribution in [0, 0.1) is 0 Å². The molecule has 0 unspecified atom stereocenters. The number of nitrogens with two attached hydrogens (primary N) is 1. The van der Waals surface area contributed by atoms with E-state index in [1.807, 2.05) is 11.4 Å². The third kappa shape index (κ3) is 3.26. The topological polar surface area (TPSA) is 85.1 Å². The molecule has 0 radical (unpaired) electrons. The molecule has 0 atom stereocenters. The SMILES string of the molecule is CCS(=O)(=O)c1c(N)nsc1NCCc1cccs1. The maximum atomic E-state index is 11.9. The van der Waals surface area contributed by atoms with Crippen molar-refractivity contribution < 1.29 is 8.42 Å². The highest BCUT2D eigenvalue weighted by molar-refractivity contribution is 7.91. The van der Waals surface area contributed by atoms with E-state index in [1.54, 1.807) is 18.3 Å². The van der Waals surface area contributed by atoms with Crippen molar-refractivity contribution in [3.63, 3.8) is 0 Å². The lowest BCUT2D eigenvalue weighted by atomic mass is 10.3. The fraction of sp³-hybridized carbons (Fsp3) is 0.364. The van der Waals surface area contributed by atoms with Crippen LogP contribution in [0.25, 0.3) is 0 Å². The molecule has 0 bridgehead atoms. The minimum atomic E-state index is -3.34. The Morgan fingerprint density at radius 3 is 2.89 bits per heavy atom. The van der Waals surface area contributed by atoms with Gasteiger partial charge in [-0.25, -0.2) is 8.42 Å². The summed E-state index contributed by atoms with van der Waals surface area (Å²) >= 11 is 2.78. The van der Waals surface area contributed by atoms with Crippen LogP contribution in [-0.4, -0.2) is 25.1 Å². The monoisotopic (exact) mass is 317 g/mol. The van der Waals surface area contributed by atoms with E-state index in [0.717, 1.165) is 18.0 Å². The van der Waals surface area contributed by atoms with Gasteiger partial charge in [0.2, 0.25) is 0 Å². The lowest BCUT2D eigenvalue weighted by Crippen LogP contribution is -2.10. The predicted octanol–water partition coefficient (Wildman–Crippen LogP) is 2.24. The van der Waals surface area contributed by atoms with Gasteiger partial charge in [0.1, 0.15) is 9.90 Å². The van der Waals surface area contributed by atoms with Crippen LogP contribution in [0.15, 0.2) is 22.4 Å². The minimum absolute atomic E-state index is 0.0230. The predicted molar refractivity (Wildman–Crippen MR) is 80.8 cm³/mol. The summed E-state index contributed by atoms with van der Waals surface area (Å²) in [6.45, 7) is 2.26. The van der Waals surface area contributed by atoms with Crippen LogP contribution >= 0.6 is 22.9 Å². The Labute approximate surface area is 120 Å². The zero-order valence-corrected chi connectivity index (χ0v) is 12.9. The van der Waals surface area contributed by atoms with Gasteiger partial charge in [0.05, 0.1) is 5.75 Å². The Morgan fingerprint density at radius 1 is 1.47 bits per heavy atom. The summed E-state index contributed by atoms with van der Waals surface area (Å²) in [6, 6.07) is 4.05. The smallest absolute Gasteiger partial charge is 0.184 e. The highest BCUT2D eigenvalue weighted by atomic mass is 32.2. The van der Waals surface area contributed by atoms with E-state index in [1.165, 1.54) is 4.88 Å². The fourth-order valence-electron chi connectivity index (χ4n) is 1.61. The van der Waals surface area contributed by atoms with Crippen LogP contribution < -0.4 is 11.1 Å². The summed E-state index contributed by atoms with van der Waals surface area (Å²) in [4.78, 5) is 1.40. The summed E-state index contributed by atoms with van der Waals surface area (Å²) in [6.07, 6.45) is 0.848. The van der Waals surface area contributed by atoms with Crippen LogP contribution in [0.3, 0.4) is 0 Å². The average molecular weight is 317 g/mol. The Kier molecular flexibility index (Phi) is 4.43. The van der Waals surface area contributed by atoms with E-state index < -0.39 is 9.84 Å². The normalized spacial score (nSPS) is 11.6. The minimum Gasteiger partial charge on any atom is -0.382 e. The number of hydrogen-bond acceptors (Lipinski definition) is 7. The van der Waals surface area contributed by atoms with E-state index >= 15 is 0 Å². The van der Waals surface area contributed by atoms with E-state index in [9.17, 15) is 8.42 Å². The summed E-state index contributed by atoms with van der Waals surface area (Å²) in [7, 11) is -3.34. The molecule has 0 spiro atoms. The second-order valence-corrected chi connectivity index (χ2v) is 7.91. The van der Waals surface area contributed by atoms with Crippen LogP contribution in [0.4, 0.5) is 10.8 Å². The molecular formula is C11H15N3O2S3. The summed E-state index contributed by atoms with van der Waals surface area (Å²) in [5.41, 5.74) is 5.65. The standard InChI is InChI=1S/C11H15N3O2S3/c1-2-19(15,16)9-10(12)14-18-11(9)13-6-5-8-4-3-7-17-8/h3-4,7,13H,2,5-6H2,1H3,(H2,12,14). The van der Waals surface area contributed by atoms with Crippen molar-refractivity contribution in [2.24, 2.45) is 0 Å². The van der Waals surface area contributed by atoms with Gasteiger partial charge >= 0.3 is 0 Å². The number of anilines is 2. The zero-order chi connectivity index (χ0) is 13.9. The first-order chi connectivity index (χ1) is 9.04. The first kappa shape index (κ1) is 14.3. The lowest BCUT2D eigenvalue weighted by molar-refractivity contribution is 0.598. The first-order valence-corrected chi connectivity index (χ1v) is 9.09. The molecule has 104 valence electrons. The molecule has 0 aliphatic rings. The van der Waals surface area contributed by atoms with Crippen molar-refractivity contribution in [3.8, 4) is 0 Å². The highest BCUT2D eigenvalue weighted by Crippen LogP contribution is 2.32. The van der Waals surface area contributed by atoms with Gasteiger partial charge < -0.3 is 11.1 Å². The fourth-order valence-corrected chi connectivity index (χ4v) is 4.51. The van der Waals surface area contributed by atoms with Gasteiger partial charge in [0.25, 0.3) is 0 Å². The molecule has 2 aromatic heterocycles. The van der Waals surface area contributed by atoms with Gasteiger partial charge in [-0.05, 0) is 29.4 Å². The van der Waals surface area contributed by atoms with E-state index in [2.05, 4.69) is 15.8 Å². The molecule has 19 heavy (non-hydrogen) atoms.